The lowest BCUT2D eigenvalue weighted by Gasteiger charge is -2.12. The van der Waals surface area contributed by atoms with E-state index in [1.807, 2.05) is 52.0 Å². The van der Waals surface area contributed by atoms with Crippen molar-refractivity contribution in [3.8, 4) is 11.8 Å². The van der Waals surface area contributed by atoms with E-state index in [-0.39, 0.29) is 11.3 Å². The Balaban J connectivity index is 2.20. The van der Waals surface area contributed by atoms with Gasteiger partial charge in [-0.2, -0.15) is 5.26 Å². The van der Waals surface area contributed by atoms with Gasteiger partial charge in [-0.3, -0.25) is 4.79 Å². The van der Waals surface area contributed by atoms with Crippen LogP contribution in [-0.4, -0.2) is 11.0 Å². The number of benzene rings is 2. The van der Waals surface area contributed by atoms with E-state index in [9.17, 15) is 15.2 Å². The summed E-state index contributed by atoms with van der Waals surface area (Å²) in [7, 11) is 0. The van der Waals surface area contributed by atoms with Crippen LogP contribution in [0.2, 0.25) is 0 Å². The van der Waals surface area contributed by atoms with Gasteiger partial charge in [-0.15, -0.1) is 0 Å². The first-order valence-electron chi connectivity index (χ1n) is 7.87. The van der Waals surface area contributed by atoms with Gasteiger partial charge >= 0.3 is 0 Å². The van der Waals surface area contributed by atoms with E-state index in [1.165, 1.54) is 6.20 Å². The Morgan fingerprint density at radius 1 is 1.08 bits per heavy atom. The highest BCUT2D eigenvalue weighted by molar-refractivity contribution is 6.07. The SMILES string of the molecule is Cc1cc(C)c(NC(=O)/C(C#N)=C\Nc2ccc(C)cc2O)c(C)c1. The monoisotopic (exact) mass is 335 g/mol. The summed E-state index contributed by atoms with van der Waals surface area (Å²) in [6.07, 6.45) is 1.29. The molecule has 2 aromatic carbocycles. The number of aryl methyl sites for hydroxylation is 4. The molecule has 0 aliphatic rings. The molecule has 0 fully saturated rings. The molecule has 0 spiro atoms. The standard InChI is InChI=1S/C20H21N3O2/c1-12-5-6-17(18(24)9-12)22-11-16(10-21)20(25)23-19-14(3)7-13(2)8-15(19)4/h5-9,11,22,24H,1-4H3,(H,23,25)/b16-11-. The van der Waals surface area contributed by atoms with Crippen LogP contribution in [-0.2, 0) is 4.79 Å². The number of amides is 1. The van der Waals surface area contributed by atoms with Crippen LogP contribution in [0.3, 0.4) is 0 Å². The summed E-state index contributed by atoms with van der Waals surface area (Å²) in [5.74, 6) is -0.448. The smallest absolute Gasteiger partial charge is 0.267 e. The number of rotatable bonds is 4. The second kappa shape index (κ2) is 7.54. The molecule has 0 heterocycles. The Bertz CT molecular complexity index is 869. The van der Waals surface area contributed by atoms with Crippen molar-refractivity contribution in [2.75, 3.05) is 10.6 Å². The zero-order valence-corrected chi connectivity index (χ0v) is 14.8. The highest BCUT2D eigenvalue weighted by Crippen LogP contribution is 2.25. The third kappa shape index (κ3) is 4.39. The lowest BCUT2D eigenvalue weighted by atomic mass is 10.0. The molecule has 2 aromatic rings. The number of nitriles is 1. The van der Waals surface area contributed by atoms with Crippen molar-refractivity contribution in [2.24, 2.45) is 0 Å². The van der Waals surface area contributed by atoms with Gasteiger partial charge in [-0.25, -0.2) is 0 Å². The molecule has 0 radical (unpaired) electrons. The van der Waals surface area contributed by atoms with Gasteiger partial charge in [0.25, 0.3) is 5.91 Å². The summed E-state index contributed by atoms with van der Waals surface area (Å²) in [6, 6.07) is 10.9. The molecule has 25 heavy (non-hydrogen) atoms. The van der Waals surface area contributed by atoms with Crippen LogP contribution in [0, 0.1) is 39.0 Å². The van der Waals surface area contributed by atoms with Crippen LogP contribution in [0.1, 0.15) is 22.3 Å². The molecule has 3 N–H and O–H groups in total. The van der Waals surface area contributed by atoms with Crippen LogP contribution in [0.4, 0.5) is 11.4 Å². The van der Waals surface area contributed by atoms with Crippen LogP contribution in [0.25, 0.3) is 0 Å². The highest BCUT2D eigenvalue weighted by atomic mass is 16.3. The average Bonchev–Trinajstić information content (AvgIpc) is 2.53. The number of hydrogen-bond donors (Lipinski definition) is 3. The quantitative estimate of drug-likeness (QED) is 0.446. The van der Waals surface area contributed by atoms with E-state index in [1.54, 1.807) is 12.1 Å². The van der Waals surface area contributed by atoms with E-state index < -0.39 is 5.91 Å². The molecule has 0 unspecified atom stereocenters. The number of phenols is 1. The maximum atomic E-state index is 12.4. The number of carbonyl (C=O) groups excluding carboxylic acids is 1. The lowest BCUT2D eigenvalue weighted by molar-refractivity contribution is -0.112. The molecule has 5 heteroatoms. The van der Waals surface area contributed by atoms with E-state index in [2.05, 4.69) is 10.6 Å². The van der Waals surface area contributed by atoms with Crippen LogP contribution in [0.5, 0.6) is 5.75 Å². The normalized spacial score (nSPS) is 10.9. The third-order valence-corrected chi connectivity index (χ3v) is 3.81. The zero-order chi connectivity index (χ0) is 18.6. The van der Waals surface area contributed by atoms with Gasteiger partial charge in [0.2, 0.25) is 0 Å². The first kappa shape index (κ1) is 18.1. The minimum absolute atomic E-state index is 0.0548. The van der Waals surface area contributed by atoms with Crippen molar-refractivity contribution >= 4 is 17.3 Å². The summed E-state index contributed by atoms with van der Waals surface area (Å²) < 4.78 is 0. The summed E-state index contributed by atoms with van der Waals surface area (Å²) in [6.45, 7) is 7.67. The molecular weight excluding hydrogens is 314 g/mol. The Morgan fingerprint density at radius 3 is 2.28 bits per heavy atom. The Morgan fingerprint density at radius 2 is 1.72 bits per heavy atom. The Kier molecular flexibility index (Phi) is 5.45. The largest absolute Gasteiger partial charge is 0.506 e. The number of hydrogen-bond acceptors (Lipinski definition) is 4. The fourth-order valence-electron chi connectivity index (χ4n) is 2.62. The van der Waals surface area contributed by atoms with Gasteiger partial charge in [-0.05, 0) is 56.5 Å². The molecule has 0 atom stereocenters. The van der Waals surface area contributed by atoms with Gasteiger partial charge in [0.1, 0.15) is 17.4 Å². The first-order valence-corrected chi connectivity index (χ1v) is 7.87. The minimum Gasteiger partial charge on any atom is -0.506 e. The summed E-state index contributed by atoms with van der Waals surface area (Å²) in [4.78, 5) is 12.4. The Hall–Kier alpha value is -3.26. The number of aromatic hydroxyl groups is 1. The van der Waals surface area contributed by atoms with Gasteiger partial charge in [-0.1, -0.05) is 23.8 Å². The van der Waals surface area contributed by atoms with E-state index in [0.717, 1.165) is 22.3 Å². The van der Waals surface area contributed by atoms with Crippen LogP contribution >= 0.6 is 0 Å². The second-order valence-electron chi connectivity index (χ2n) is 6.06. The lowest BCUT2D eigenvalue weighted by Crippen LogP contribution is -2.16. The predicted molar refractivity (Wildman–Crippen MR) is 99.4 cm³/mol. The Labute approximate surface area is 147 Å². The number of carbonyl (C=O) groups is 1. The molecule has 1 amide bonds. The third-order valence-electron chi connectivity index (χ3n) is 3.81. The average molecular weight is 335 g/mol. The number of anilines is 2. The zero-order valence-electron chi connectivity index (χ0n) is 14.8. The number of nitrogens with zero attached hydrogens (tertiary/aromatic N) is 1. The topological polar surface area (TPSA) is 85.2 Å². The van der Waals surface area contributed by atoms with E-state index in [0.29, 0.717) is 11.4 Å². The minimum atomic E-state index is -0.503. The van der Waals surface area contributed by atoms with Crippen molar-refractivity contribution < 1.29 is 9.90 Å². The summed E-state index contributed by atoms with van der Waals surface area (Å²) in [5.41, 5.74) is 4.94. The van der Waals surface area contributed by atoms with E-state index in [4.69, 9.17) is 0 Å². The fraction of sp³-hybridized carbons (Fsp3) is 0.200. The van der Waals surface area contributed by atoms with Gasteiger partial charge in [0.15, 0.2) is 0 Å². The van der Waals surface area contributed by atoms with Crippen molar-refractivity contribution in [3.63, 3.8) is 0 Å². The maximum Gasteiger partial charge on any atom is 0.267 e. The summed E-state index contributed by atoms with van der Waals surface area (Å²) in [5, 5.41) is 24.7. The molecule has 128 valence electrons. The van der Waals surface area contributed by atoms with Crippen LogP contribution < -0.4 is 10.6 Å². The molecule has 0 aliphatic heterocycles. The molecule has 5 nitrogen and oxygen atoms in total. The molecular formula is C20H21N3O2. The van der Waals surface area contributed by atoms with Crippen molar-refractivity contribution in [3.05, 3.63) is 64.4 Å². The molecule has 0 aliphatic carbocycles. The second-order valence-corrected chi connectivity index (χ2v) is 6.06. The van der Waals surface area contributed by atoms with Gasteiger partial charge < -0.3 is 15.7 Å². The van der Waals surface area contributed by atoms with Crippen LogP contribution in [0.15, 0.2) is 42.1 Å². The summed E-state index contributed by atoms with van der Waals surface area (Å²) >= 11 is 0. The maximum absolute atomic E-state index is 12.4. The molecule has 0 bridgehead atoms. The molecule has 0 saturated heterocycles. The van der Waals surface area contributed by atoms with E-state index >= 15 is 0 Å². The fourth-order valence-corrected chi connectivity index (χ4v) is 2.62. The van der Waals surface area contributed by atoms with Crippen molar-refractivity contribution in [1.82, 2.24) is 0 Å². The molecule has 2 rings (SSSR count). The molecule has 0 saturated carbocycles. The predicted octanol–water partition coefficient (Wildman–Crippen LogP) is 4.08. The van der Waals surface area contributed by atoms with Crippen molar-refractivity contribution in [2.45, 2.75) is 27.7 Å². The highest BCUT2D eigenvalue weighted by Gasteiger charge is 2.13. The first-order chi connectivity index (χ1) is 11.8. The number of nitrogens with one attached hydrogen (secondary N) is 2. The van der Waals surface area contributed by atoms with Crippen molar-refractivity contribution in [1.29, 1.82) is 5.26 Å². The van der Waals surface area contributed by atoms with Gasteiger partial charge in [0.05, 0.1) is 5.69 Å². The van der Waals surface area contributed by atoms with Gasteiger partial charge in [0, 0.05) is 11.9 Å². The molecule has 0 aromatic heterocycles. The number of phenolic OH excluding ortho intramolecular Hbond substituents is 1.